The van der Waals surface area contributed by atoms with E-state index in [9.17, 15) is 4.79 Å². The standard InChI is InChI=1S/C19H26N6O.2ClH/c26-19(12-4-5-15-16(8-12)23-24-22-15)21-11-18-14-7-13(9-20-10-14)17-3-1-2-6-25(17)18;;/h4-5,8,13-14,17-18,20H,1-3,6-7,9-11H2,(H,21,26)(H,22,23,24);2*1H/t13-,14+,17+,18+;;/m1../s1. The molecule has 9 heteroatoms. The monoisotopic (exact) mass is 426 g/mol. The lowest BCUT2D eigenvalue weighted by Gasteiger charge is -2.55. The number of carbonyl (C=O) groups excluding carboxylic acids is 1. The second-order valence-corrected chi connectivity index (χ2v) is 8.02. The molecule has 0 aliphatic carbocycles. The molecule has 1 aromatic heterocycles. The molecule has 5 rings (SSSR count). The van der Waals surface area contributed by atoms with Crippen molar-refractivity contribution in [3.8, 4) is 0 Å². The average Bonchev–Trinajstić information content (AvgIpc) is 3.16. The van der Waals surface area contributed by atoms with Crippen LogP contribution in [-0.4, -0.2) is 64.5 Å². The molecule has 1 amide bonds. The zero-order valence-corrected chi connectivity index (χ0v) is 17.4. The molecule has 2 bridgehead atoms. The fourth-order valence-electron chi connectivity index (χ4n) is 5.33. The number of H-pyrrole nitrogens is 1. The van der Waals surface area contributed by atoms with E-state index in [1.54, 1.807) is 6.07 Å². The Balaban J connectivity index is 0.00000112. The van der Waals surface area contributed by atoms with E-state index in [-0.39, 0.29) is 30.7 Å². The zero-order chi connectivity index (χ0) is 17.5. The third kappa shape index (κ3) is 3.85. The van der Waals surface area contributed by atoms with Crippen molar-refractivity contribution < 1.29 is 4.79 Å². The van der Waals surface area contributed by atoms with Gasteiger partial charge in [-0.3, -0.25) is 9.69 Å². The molecule has 4 atom stereocenters. The molecule has 0 spiro atoms. The average molecular weight is 427 g/mol. The van der Waals surface area contributed by atoms with Gasteiger partial charge in [0.15, 0.2) is 0 Å². The SMILES string of the molecule is Cl.Cl.O=C(NC[C@H]1[C@@H]2CNC[C@@H](C2)[C@@H]2CCCCN21)c1ccc2n[nH]nc2c1. The molecule has 7 nitrogen and oxygen atoms in total. The number of aromatic nitrogens is 3. The van der Waals surface area contributed by atoms with Crippen molar-refractivity contribution in [1.82, 2.24) is 30.9 Å². The summed E-state index contributed by atoms with van der Waals surface area (Å²) in [7, 11) is 0. The number of halogens is 2. The molecular formula is C19H28Cl2N6O. The minimum Gasteiger partial charge on any atom is -0.350 e. The number of benzene rings is 1. The first-order valence-electron chi connectivity index (χ1n) is 9.85. The summed E-state index contributed by atoms with van der Waals surface area (Å²) in [6.07, 6.45) is 5.25. The van der Waals surface area contributed by atoms with Crippen molar-refractivity contribution in [2.24, 2.45) is 11.8 Å². The number of aromatic amines is 1. The van der Waals surface area contributed by atoms with Gasteiger partial charge >= 0.3 is 0 Å². The number of piperidine rings is 3. The van der Waals surface area contributed by atoms with Crippen LogP contribution in [0.2, 0.25) is 0 Å². The van der Waals surface area contributed by atoms with Crippen molar-refractivity contribution in [3.63, 3.8) is 0 Å². The quantitative estimate of drug-likeness (QED) is 0.698. The number of hydrogen-bond acceptors (Lipinski definition) is 5. The molecule has 3 aliphatic heterocycles. The third-order valence-electron chi connectivity index (χ3n) is 6.58. The molecule has 3 saturated heterocycles. The molecule has 2 aromatic rings. The molecule has 4 heterocycles. The van der Waals surface area contributed by atoms with Crippen molar-refractivity contribution in [2.75, 3.05) is 26.2 Å². The molecule has 1 aromatic carbocycles. The minimum atomic E-state index is -0.0191. The van der Waals surface area contributed by atoms with Gasteiger partial charge in [0.05, 0.1) is 0 Å². The minimum absolute atomic E-state index is 0. The largest absolute Gasteiger partial charge is 0.350 e. The predicted octanol–water partition coefficient (Wildman–Crippen LogP) is 1.99. The maximum atomic E-state index is 12.7. The van der Waals surface area contributed by atoms with Crippen LogP contribution >= 0.6 is 24.8 Å². The van der Waals surface area contributed by atoms with Gasteiger partial charge < -0.3 is 10.6 Å². The maximum Gasteiger partial charge on any atom is 0.251 e. The molecule has 0 radical (unpaired) electrons. The van der Waals surface area contributed by atoms with Crippen molar-refractivity contribution in [1.29, 1.82) is 0 Å². The number of hydrogen-bond donors (Lipinski definition) is 3. The number of fused-ring (bicyclic) bond motifs is 5. The van der Waals surface area contributed by atoms with Gasteiger partial charge in [0, 0.05) is 24.2 Å². The highest BCUT2D eigenvalue weighted by Crippen LogP contribution is 2.38. The zero-order valence-electron chi connectivity index (χ0n) is 15.8. The number of carbonyl (C=O) groups is 1. The lowest BCUT2D eigenvalue weighted by molar-refractivity contribution is -0.0371. The van der Waals surface area contributed by atoms with Crippen LogP contribution in [0.5, 0.6) is 0 Å². The Labute approximate surface area is 177 Å². The summed E-state index contributed by atoms with van der Waals surface area (Å²) in [6.45, 7) is 4.15. The van der Waals surface area contributed by atoms with Gasteiger partial charge in [-0.25, -0.2) is 0 Å². The molecule has 28 heavy (non-hydrogen) atoms. The van der Waals surface area contributed by atoms with E-state index in [0.29, 0.717) is 23.6 Å². The second kappa shape index (κ2) is 8.95. The lowest BCUT2D eigenvalue weighted by atomic mass is 9.73. The van der Waals surface area contributed by atoms with Gasteiger partial charge in [0.1, 0.15) is 11.0 Å². The molecule has 0 saturated carbocycles. The molecule has 3 fully saturated rings. The van der Waals surface area contributed by atoms with Gasteiger partial charge in [-0.1, -0.05) is 6.42 Å². The van der Waals surface area contributed by atoms with E-state index >= 15 is 0 Å². The van der Waals surface area contributed by atoms with Crippen molar-refractivity contribution in [3.05, 3.63) is 23.8 Å². The van der Waals surface area contributed by atoms with Crippen LogP contribution in [0, 0.1) is 11.8 Å². The van der Waals surface area contributed by atoms with Gasteiger partial charge in [0.2, 0.25) is 0 Å². The van der Waals surface area contributed by atoms with Gasteiger partial charge in [-0.2, -0.15) is 15.4 Å². The van der Waals surface area contributed by atoms with E-state index in [2.05, 4.69) is 30.9 Å². The fraction of sp³-hybridized carbons (Fsp3) is 0.632. The summed E-state index contributed by atoms with van der Waals surface area (Å²) in [6, 6.07) is 6.61. The first-order chi connectivity index (χ1) is 12.8. The highest BCUT2D eigenvalue weighted by Gasteiger charge is 2.45. The summed E-state index contributed by atoms with van der Waals surface area (Å²) in [5, 5.41) is 17.5. The number of rotatable bonds is 3. The van der Waals surface area contributed by atoms with E-state index in [1.165, 1.54) is 32.2 Å². The Hall–Kier alpha value is -1.41. The normalized spacial score (nSPS) is 29.3. The van der Waals surface area contributed by atoms with E-state index in [0.717, 1.165) is 36.6 Å². The number of nitrogens with one attached hydrogen (secondary N) is 3. The lowest BCUT2D eigenvalue weighted by Crippen LogP contribution is -2.65. The predicted molar refractivity (Wildman–Crippen MR) is 113 cm³/mol. The van der Waals surface area contributed by atoms with Crippen molar-refractivity contribution >= 4 is 41.8 Å². The second-order valence-electron chi connectivity index (χ2n) is 8.02. The van der Waals surface area contributed by atoms with Gasteiger partial charge in [0.25, 0.3) is 5.91 Å². The molecule has 154 valence electrons. The van der Waals surface area contributed by atoms with Crippen LogP contribution in [-0.2, 0) is 0 Å². The van der Waals surface area contributed by atoms with Crippen LogP contribution in [0.4, 0.5) is 0 Å². The van der Waals surface area contributed by atoms with Crippen LogP contribution in [0.1, 0.15) is 36.0 Å². The highest BCUT2D eigenvalue weighted by molar-refractivity contribution is 5.97. The van der Waals surface area contributed by atoms with Crippen LogP contribution in [0.3, 0.4) is 0 Å². The summed E-state index contributed by atoms with van der Waals surface area (Å²) >= 11 is 0. The summed E-state index contributed by atoms with van der Waals surface area (Å²) < 4.78 is 0. The Morgan fingerprint density at radius 3 is 2.86 bits per heavy atom. The first-order valence-corrected chi connectivity index (χ1v) is 9.85. The van der Waals surface area contributed by atoms with Crippen LogP contribution in [0.15, 0.2) is 18.2 Å². The van der Waals surface area contributed by atoms with E-state index in [1.807, 2.05) is 12.1 Å². The maximum absolute atomic E-state index is 12.7. The van der Waals surface area contributed by atoms with Gasteiger partial charge in [-0.15, -0.1) is 24.8 Å². The Morgan fingerprint density at radius 2 is 1.96 bits per heavy atom. The third-order valence-corrected chi connectivity index (χ3v) is 6.58. The Morgan fingerprint density at radius 1 is 1.14 bits per heavy atom. The number of nitrogens with zero attached hydrogens (tertiary/aromatic N) is 3. The fourth-order valence-corrected chi connectivity index (χ4v) is 5.33. The Bertz CT molecular complexity index is 815. The number of amides is 1. The molecular weight excluding hydrogens is 399 g/mol. The summed E-state index contributed by atoms with van der Waals surface area (Å²) in [5.41, 5.74) is 2.16. The molecule has 3 N–H and O–H groups in total. The smallest absolute Gasteiger partial charge is 0.251 e. The van der Waals surface area contributed by atoms with E-state index < -0.39 is 0 Å². The van der Waals surface area contributed by atoms with Gasteiger partial charge in [-0.05, 0) is 68.9 Å². The molecule has 3 aliphatic rings. The first kappa shape index (κ1) is 21.3. The molecule has 0 unspecified atom stereocenters. The summed E-state index contributed by atoms with van der Waals surface area (Å²) in [4.78, 5) is 15.4. The van der Waals surface area contributed by atoms with Crippen LogP contribution in [0.25, 0.3) is 11.0 Å². The highest BCUT2D eigenvalue weighted by atomic mass is 35.5. The van der Waals surface area contributed by atoms with Crippen LogP contribution < -0.4 is 10.6 Å². The van der Waals surface area contributed by atoms with Crippen molar-refractivity contribution in [2.45, 2.75) is 37.8 Å². The summed E-state index contributed by atoms with van der Waals surface area (Å²) in [5.74, 6) is 1.41. The van der Waals surface area contributed by atoms with E-state index in [4.69, 9.17) is 0 Å². The topological polar surface area (TPSA) is 85.9 Å². The Kier molecular flexibility index (Phi) is 6.81.